The minimum Gasteiger partial charge on any atom is -0.326 e. The number of nitrogens with two attached hydrogens (primary N) is 1. The molecule has 0 aliphatic heterocycles. The van der Waals surface area contributed by atoms with E-state index in [0.29, 0.717) is 6.54 Å². The molecule has 3 aromatic carbocycles. The summed E-state index contributed by atoms with van der Waals surface area (Å²) < 4.78 is 0. The van der Waals surface area contributed by atoms with Crippen molar-refractivity contribution in [3.8, 4) is 11.1 Å². The Labute approximate surface area is 107 Å². The standard InChI is InChI=1S/C17H15N/c18-12-16-10-14-8-4-5-9-15(14)11-17(16)13-6-2-1-3-7-13/h1-11H,12,18H2. The zero-order valence-corrected chi connectivity index (χ0v) is 10.1. The number of hydrogen-bond acceptors (Lipinski definition) is 1. The fourth-order valence-electron chi connectivity index (χ4n) is 2.34. The molecule has 0 amide bonds. The van der Waals surface area contributed by atoms with E-state index in [1.54, 1.807) is 0 Å². The number of hydrogen-bond donors (Lipinski definition) is 1. The Hall–Kier alpha value is -2.12. The van der Waals surface area contributed by atoms with Crippen molar-refractivity contribution in [2.45, 2.75) is 6.54 Å². The first-order valence-corrected chi connectivity index (χ1v) is 6.15. The molecule has 0 saturated carbocycles. The van der Waals surface area contributed by atoms with Gasteiger partial charge in [0.05, 0.1) is 0 Å². The van der Waals surface area contributed by atoms with E-state index in [2.05, 4.69) is 60.7 Å². The second kappa shape index (κ2) is 4.63. The van der Waals surface area contributed by atoms with Gasteiger partial charge in [-0.05, 0) is 39.6 Å². The van der Waals surface area contributed by atoms with Crippen LogP contribution >= 0.6 is 0 Å². The number of rotatable bonds is 2. The van der Waals surface area contributed by atoms with Crippen LogP contribution in [-0.4, -0.2) is 0 Å². The topological polar surface area (TPSA) is 26.0 Å². The summed E-state index contributed by atoms with van der Waals surface area (Å²) in [5.41, 5.74) is 9.53. The minimum absolute atomic E-state index is 0.565. The Morgan fingerprint density at radius 1 is 0.722 bits per heavy atom. The van der Waals surface area contributed by atoms with Crippen molar-refractivity contribution in [2.75, 3.05) is 0 Å². The summed E-state index contributed by atoms with van der Waals surface area (Å²) in [7, 11) is 0. The van der Waals surface area contributed by atoms with E-state index in [1.807, 2.05) is 6.07 Å². The molecule has 0 bridgehead atoms. The van der Waals surface area contributed by atoms with Crippen LogP contribution in [0.15, 0.2) is 66.7 Å². The fraction of sp³-hybridized carbons (Fsp3) is 0.0588. The molecule has 0 aliphatic rings. The van der Waals surface area contributed by atoms with E-state index in [-0.39, 0.29) is 0 Å². The molecule has 1 heteroatoms. The van der Waals surface area contributed by atoms with E-state index < -0.39 is 0 Å². The van der Waals surface area contributed by atoms with Gasteiger partial charge in [-0.2, -0.15) is 0 Å². The van der Waals surface area contributed by atoms with Crippen molar-refractivity contribution in [1.82, 2.24) is 0 Å². The second-order valence-corrected chi connectivity index (χ2v) is 4.43. The lowest BCUT2D eigenvalue weighted by Gasteiger charge is -2.10. The maximum absolute atomic E-state index is 5.88. The van der Waals surface area contributed by atoms with Crippen LogP contribution < -0.4 is 5.73 Å². The largest absolute Gasteiger partial charge is 0.326 e. The minimum atomic E-state index is 0.565. The van der Waals surface area contributed by atoms with Gasteiger partial charge in [0.2, 0.25) is 0 Å². The predicted molar refractivity (Wildman–Crippen MR) is 77.3 cm³/mol. The maximum Gasteiger partial charge on any atom is 0.0184 e. The molecule has 0 atom stereocenters. The molecular weight excluding hydrogens is 218 g/mol. The lowest BCUT2D eigenvalue weighted by Crippen LogP contribution is -1.99. The van der Waals surface area contributed by atoms with Gasteiger partial charge in [0.15, 0.2) is 0 Å². The van der Waals surface area contributed by atoms with Crippen LogP contribution in [0.4, 0.5) is 0 Å². The SMILES string of the molecule is NCc1cc2ccccc2cc1-c1ccccc1. The zero-order valence-electron chi connectivity index (χ0n) is 10.1. The van der Waals surface area contributed by atoms with Gasteiger partial charge in [-0.1, -0.05) is 54.6 Å². The van der Waals surface area contributed by atoms with E-state index >= 15 is 0 Å². The molecule has 88 valence electrons. The molecule has 18 heavy (non-hydrogen) atoms. The smallest absolute Gasteiger partial charge is 0.0184 e. The van der Waals surface area contributed by atoms with Crippen LogP contribution in [0.25, 0.3) is 21.9 Å². The van der Waals surface area contributed by atoms with E-state index in [9.17, 15) is 0 Å². The average molecular weight is 233 g/mol. The highest BCUT2D eigenvalue weighted by Crippen LogP contribution is 2.28. The third-order valence-corrected chi connectivity index (χ3v) is 3.28. The van der Waals surface area contributed by atoms with Gasteiger partial charge < -0.3 is 5.73 Å². The molecule has 1 nitrogen and oxygen atoms in total. The highest BCUT2D eigenvalue weighted by Gasteiger charge is 2.05. The molecule has 0 unspecified atom stereocenters. The zero-order chi connectivity index (χ0) is 12.4. The summed E-state index contributed by atoms with van der Waals surface area (Å²) >= 11 is 0. The highest BCUT2D eigenvalue weighted by atomic mass is 14.5. The fourth-order valence-corrected chi connectivity index (χ4v) is 2.34. The molecule has 3 rings (SSSR count). The molecule has 0 aliphatic carbocycles. The van der Waals surface area contributed by atoms with Gasteiger partial charge in [0.25, 0.3) is 0 Å². The lowest BCUT2D eigenvalue weighted by atomic mass is 9.95. The summed E-state index contributed by atoms with van der Waals surface area (Å²) in [6, 6.07) is 23.2. The van der Waals surface area contributed by atoms with E-state index in [1.165, 1.54) is 27.5 Å². The first-order valence-electron chi connectivity index (χ1n) is 6.15. The van der Waals surface area contributed by atoms with Crippen LogP contribution in [0, 0.1) is 0 Å². The predicted octanol–water partition coefficient (Wildman–Crippen LogP) is 3.97. The summed E-state index contributed by atoms with van der Waals surface area (Å²) in [6.07, 6.45) is 0. The molecular formula is C17H15N. The molecule has 3 aromatic rings. The van der Waals surface area contributed by atoms with Crippen LogP contribution in [0.5, 0.6) is 0 Å². The first kappa shape index (κ1) is 11.0. The monoisotopic (exact) mass is 233 g/mol. The molecule has 0 fully saturated rings. The third kappa shape index (κ3) is 1.89. The normalized spacial score (nSPS) is 10.7. The van der Waals surface area contributed by atoms with Crippen molar-refractivity contribution < 1.29 is 0 Å². The Bertz CT molecular complexity index is 672. The lowest BCUT2D eigenvalue weighted by molar-refractivity contribution is 1.08. The Morgan fingerprint density at radius 2 is 1.33 bits per heavy atom. The van der Waals surface area contributed by atoms with Gasteiger partial charge in [0, 0.05) is 6.54 Å². The number of fused-ring (bicyclic) bond motifs is 1. The summed E-state index contributed by atoms with van der Waals surface area (Å²) in [4.78, 5) is 0. The highest BCUT2D eigenvalue weighted by molar-refractivity contribution is 5.89. The van der Waals surface area contributed by atoms with Crippen molar-refractivity contribution in [1.29, 1.82) is 0 Å². The molecule has 0 aromatic heterocycles. The van der Waals surface area contributed by atoms with Crippen molar-refractivity contribution in [3.05, 3.63) is 72.3 Å². The van der Waals surface area contributed by atoms with Crippen LogP contribution in [-0.2, 0) is 6.54 Å². The van der Waals surface area contributed by atoms with Gasteiger partial charge in [-0.15, -0.1) is 0 Å². The number of benzene rings is 3. The molecule has 0 spiro atoms. The van der Waals surface area contributed by atoms with Gasteiger partial charge >= 0.3 is 0 Å². The summed E-state index contributed by atoms with van der Waals surface area (Å²) in [5, 5.41) is 2.51. The van der Waals surface area contributed by atoms with Crippen molar-refractivity contribution in [2.24, 2.45) is 5.73 Å². The molecule has 0 heterocycles. The molecule has 0 saturated heterocycles. The van der Waals surface area contributed by atoms with Crippen LogP contribution in [0.1, 0.15) is 5.56 Å². The average Bonchev–Trinajstić information content (AvgIpc) is 2.46. The van der Waals surface area contributed by atoms with Gasteiger partial charge in [-0.25, -0.2) is 0 Å². The second-order valence-electron chi connectivity index (χ2n) is 4.43. The third-order valence-electron chi connectivity index (χ3n) is 3.28. The molecule has 2 N–H and O–H groups in total. The van der Waals surface area contributed by atoms with Crippen molar-refractivity contribution >= 4 is 10.8 Å². The molecule has 0 radical (unpaired) electrons. The quantitative estimate of drug-likeness (QED) is 0.712. The van der Waals surface area contributed by atoms with E-state index in [4.69, 9.17) is 5.73 Å². The van der Waals surface area contributed by atoms with Crippen LogP contribution in [0.2, 0.25) is 0 Å². The van der Waals surface area contributed by atoms with Crippen LogP contribution in [0.3, 0.4) is 0 Å². The first-order chi connectivity index (χ1) is 8.88. The van der Waals surface area contributed by atoms with Crippen molar-refractivity contribution in [3.63, 3.8) is 0 Å². The summed E-state index contributed by atoms with van der Waals surface area (Å²) in [6.45, 7) is 0.565. The maximum atomic E-state index is 5.88. The van der Waals surface area contributed by atoms with Gasteiger partial charge in [-0.3, -0.25) is 0 Å². The van der Waals surface area contributed by atoms with Gasteiger partial charge in [0.1, 0.15) is 0 Å². The Kier molecular flexibility index (Phi) is 2.83. The Balaban J connectivity index is 2.27. The Morgan fingerprint density at radius 3 is 2.00 bits per heavy atom. The van der Waals surface area contributed by atoms with E-state index in [0.717, 1.165) is 0 Å². The summed E-state index contributed by atoms with van der Waals surface area (Å²) in [5.74, 6) is 0.